The molecule has 3 rings (SSSR count). The van der Waals surface area contributed by atoms with Crippen molar-refractivity contribution in [3.63, 3.8) is 0 Å². The molecule has 1 aliphatic heterocycles. The highest BCUT2D eigenvalue weighted by atomic mass is 32.2. The minimum atomic E-state index is -0.481. The molecule has 150 valence electrons. The Balaban J connectivity index is 1.89. The summed E-state index contributed by atoms with van der Waals surface area (Å²) in [6, 6.07) is 17.0. The van der Waals surface area contributed by atoms with E-state index in [0.717, 1.165) is 16.9 Å². The van der Waals surface area contributed by atoms with Gasteiger partial charge in [-0.2, -0.15) is 0 Å². The summed E-state index contributed by atoms with van der Waals surface area (Å²) in [4.78, 5) is 31.0. The van der Waals surface area contributed by atoms with E-state index >= 15 is 0 Å². The van der Waals surface area contributed by atoms with E-state index in [1.807, 2.05) is 54.6 Å². The number of amides is 1. The third kappa shape index (κ3) is 5.06. The van der Waals surface area contributed by atoms with E-state index in [-0.39, 0.29) is 11.9 Å². The van der Waals surface area contributed by atoms with Gasteiger partial charge in [-0.25, -0.2) is 4.99 Å². The van der Waals surface area contributed by atoms with E-state index in [4.69, 9.17) is 9.47 Å². The quantitative estimate of drug-likeness (QED) is 0.536. The van der Waals surface area contributed by atoms with Gasteiger partial charge in [0.15, 0.2) is 5.17 Å². The Hall–Kier alpha value is -3.06. The number of benzene rings is 2. The standard InChI is InChI=1S/C22H22N2O4S/c1-15(21(26)28-3)29-22-23-19(13-16-9-11-18(27-2)12-10-16)20(25)24(22)14-17-7-5-4-6-8-17/h4-13,15H,14H2,1-3H3/b19-13-/t15-/m0/s1. The van der Waals surface area contributed by atoms with Crippen LogP contribution in [0.1, 0.15) is 18.1 Å². The van der Waals surface area contributed by atoms with Crippen molar-refractivity contribution in [3.05, 3.63) is 71.4 Å². The number of carbonyl (C=O) groups excluding carboxylic acids is 2. The van der Waals surface area contributed by atoms with Crippen molar-refractivity contribution in [2.24, 2.45) is 4.99 Å². The van der Waals surface area contributed by atoms with Crippen LogP contribution in [0, 0.1) is 0 Å². The number of esters is 1. The number of nitrogens with zero attached hydrogens (tertiary/aromatic N) is 2. The van der Waals surface area contributed by atoms with Gasteiger partial charge in [-0.3, -0.25) is 14.5 Å². The fourth-order valence-corrected chi connectivity index (χ4v) is 3.69. The van der Waals surface area contributed by atoms with Crippen molar-refractivity contribution in [2.45, 2.75) is 18.7 Å². The summed E-state index contributed by atoms with van der Waals surface area (Å²) < 4.78 is 9.97. The van der Waals surface area contributed by atoms with Gasteiger partial charge in [-0.05, 0) is 36.3 Å². The molecule has 1 aliphatic rings. The Morgan fingerprint density at radius 3 is 2.45 bits per heavy atom. The van der Waals surface area contributed by atoms with Crippen molar-refractivity contribution in [3.8, 4) is 5.75 Å². The molecule has 0 radical (unpaired) electrons. The second-order valence-corrected chi connectivity index (χ2v) is 7.67. The number of aliphatic imine (C=N–C) groups is 1. The monoisotopic (exact) mass is 410 g/mol. The van der Waals surface area contributed by atoms with E-state index in [1.165, 1.54) is 18.9 Å². The van der Waals surface area contributed by atoms with Crippen LogP contribution < -0.4 is 4.74 Å². The van der Waals surface area contributed by atoms with Gasteiger partial charge in [-0.15, -0.1) is 0 Å². The zero-order valence-electron chi connectivity index (χ0n) is 16.5. The molecule has 0 bridgehead atoms. The molecule has 29 heavy (non-hydrogen) atoms. The van der Waals surface area contributed by atoms with Gasteiger partial charge in [0.25, 0.3) is 5.91 Å². The van der Waals surface area contributed by atoms with E-state index in [9.17, 15) is 9.59 Å². The van der Waals surface area contributed by atoms with Crippen molar-refractivity contribution >= 4 is 34.9 Å². The van der Waals surface area contributed by atoms with E-state index in [2.05, 4.69) is 4.99 Å². The zero-order valence-corrected chi connectivity index (χ0v) is 17.3. The van der Waals surface area contributed by atoms with Crippen molar-refractivity contribution in [1.29, 1.82) is 0 Å². The maximum atomic E-state index is 13.1. The Kier molecular flexibility index (Phi) is 6.72. The van der Waals surface area contributed by atoms with Crippen molar-refractivity contribution in [1.82, 2.24) is 4.90 Å². The molecule has 0 aromatic heterocycles. The topological polar surface area (TPSA) is 68.2 Å². The fraction of sp³-hybridized carbons (Fsp3) is 0.227. The molecule has 0 saturated heterocycles. The Morgan fingerprint density at radius 1 is 1.14 bits per heavy atom. The Morgan fingerprint density at radius 2 is 1.83 bits per heavy atom. The number of amidine groups is 1. The lowest BCUT2D eigenvalue weighted by Crippen LogP contribution is -2.32. The summed E-state index contributed by atoms with van der Waals surface area (Å²) in [5.41, 5.74) is 2.14. The van der Waals surface area contributed by atoms with Crippen LogP contribution in [0.5, 0.6) is 5.75 Å². The highest BCUT2D eigenvalue weighted by Gasteiger charge is 2.33. The van der Waals surface area contributed by atoms with E-state index < -0.39 is 5.25 Å². The Bertz CT molecular complexity index is 939. The molecule has 1 heterocycles. The molecule has 0 fully saturated rings. The summed E-state index contributed by atoms with van der Waals surface area (Å²) >= 11 is 1.21. The number of thioether (sulfide) groups is 1. The third-order valence-electron chi connectivity index (χ3n) is 4.33. The maximum Gasteiger partial charge on any atom is 0.318 e. The molecule has 1 atom stereocenters. The van der Waals surface area contributed by atoms with Crippen LogP contribution in [0.25, 0.3) is 6.08 Å². The molecule has 6 nitrogen and oxygen atoms in total. The van der Waals surface area contributed by atoms with Gasteiger partial charge in [0.2, 0.25) is 0 Å². The van der Waals surface area contributed by atoms with Crippen LogP contribution >= 0.6 is 11.8 Å². The molecular formula is C22H22N2O4S. The highest BCUT2D eigenvalue weighted by molar-refractivity contribution is 8.14. The lowest BCUT2D eigenvalue weighted by molar-refractivity contribution is -0.139. The van der Waals surface area contributed by atoms with Crippen molar-refractivity contribution in [2.75, 3.05) is 14.2 Å². The molecule has 0 aliphatic carbocycles. The van der Waals surface area contributed by atoms with Gasteiger partial charge >= 0.3 is 5.97 Å². The van der Waals surface area contributed by atoms with E-state index in [0.29, 0.717) is 17.4 Å². The first-order valence-corrected chi connectivity index (χ1v) is 9.94. The number of hydrogen-bond donors (Lipinski definition) is 0. The Labute approximate surface area is 174 Å². The molecule has 2 aromatic carbocycles. The first-order chi connectivity index (χ1) is 14.0. The van der Waals surface area contributed by atoms with Crippen LogP contribution in [0.3, 0.4) is 0 Å². The summed E-state index contributed by atoms with van der Waals surface area (Å²) in [5.74, 6) is 0.170. The number of methoxy groups -OCH3 is 2. The molecule has 1 amide bonds. The summed E-state index contributed by atoms with van der Waals surface area (Å²) in [7, 11) is 2.95. The summed E-state index contributed by atoms with van der Waals surface area (Å²) in [6.07, 6.45) is 1.73. The molecule has 0 saturated carbocycles. The molecule has 0 spiro atoms. The minimum Gasteiger partial charge on any atom is -0.497 e. The molecule has 7 heteroatoms. The average Bonchev–Trinajstić information content (AvgIpc) is 3.03. The average molecular weight is 410 g/mol. The molecular weight excluding hydrogens is 388 g/mol. The first kappa shape index (κ1) is 20.7. The first-order valence-electron chi connectivity index (χ1n) is 9.06. The van der Waals surface area contributed by atoms with Crippen LogP contribution in [-0.4, -0.2) is 41.4 Å². The number of hydrogen-bond acceptors (Lipinski definition) is 6. The largest absolute Gasteiger partial charge is 0.497 e. The van der Waals surface area contributed by atoms with Crippen LogP contribution in [0.4, 0.5) is 0 Å². The van der Waals surface area contributed by atoms with Crippen LogP contribution in [0.2, 0.25) is 0 Å². The summed E-state index contributed by atoms with van der Waals surface area (Å²) in [5, 5.41) is 0.00155. The highest BCUT2D eigenvalue weighted by Crippen LogP contribution is 2.28. The zero-order chi connectivity index (χ0) is 20.8. The van der Waals surface area contributed by atoms with E-state index in [1.54, 1.807) is 25.0 Å². The fourth-order valence-electron chi connectivity index (χ4n) is 2.76. The van der Waals surface area contributed by atoms with Gasteiger partial charge < -0.3 is 9.47 Å². The number of ether oxygens (including phenoxy) is 2. The van der Waals surface area contributed by atoms with Gasteiger partial charge in [-0.1, -0.05) is 54.2 Å². The van der Waals surface area contributed by atoms with Crippen LogP contribution in [-0.2, 0) is 20.9 Å². The van der Waals surface area contributed by atoms with Crippen molar-refractivity contribution < 1.29 is 19.1 Å². The van der Waals surface area contributed by atoms with Gasteiger partial charge in [0.1, 0.15) is 16.7 Å². The lowest BCUT2D eigenvalue weighted by atomic mass is 10.1. The number of rotatable bonds is 6. The SMILES string of the molecule is COC(=O)[C@H](C)SC1=N/C(=C\c2ccc(OC)cc2)C(=O)N1Cc1ccccc1. The molecule has 2 aromatic rings. The summed E-state index contributed by atoms with van der Waals surface area (Å²) in [6.45, 7) is 2.11. The normalized spacial score (nSPS) is 16.0. The molecule has 0 N–H and O–H groups in total. The third-order valence-corrected chi connectivity index (χ3v) is 5.40. The van der Waals surface area contributed by atoms with Gasteiger partial charge in [0.05, 0.1) is 20.8 Å². The predicted molar refractivity (Wildman–Crippen MR) is 114 cm³/mol. The predicted octanol–water partition coefficient (Wildman–Crippen LogP) is 3.73. The minimum absolute atomic E-state index is 0.204. The number of carbonyl (C=O) groups is 2. The van der Waals surface area contributed by atoms with Gasteiger partial charge in [0, 0.05) is 0 Å². The molecule has 0 unspecified atom stereocenters. The smallest absolute Gasteiger partial charge is 0.318 e. The second kappa shape index (κ2) is 9.43. The maximum absolute atomic E-state index is 13.1. The second-order valence-electron chi connectivity index (χ2n) is 6.36. The lowest BCUT2D eigenvalue weighted by Gasteiger charge is -2.19. The van der Waals surface area contributed by atoms with Crippen LogP contribution in [0.15, 0.2) is 65.3 Å².